The van der Waals surface area contributed by atoms with Crippen molar-refractivity contribution in [2.75, 3.05) is 32.8 Å². The second-order valence-electron chi connectivity index (χ2n) is 7.10. The van der Waals surface area contributed by atoms with Crippen LogP contribution >= 0.6 is 0 Å². The monoisotopic (exact) mass is 332 g/mol. The molecule has 1 aliphatic rings. The molecule has 24 heavy (non-hydrogen) atoms. The van der Waals surface area contributed by atoms with E-state index in [0.717, 1.165) is 63.4 Å². The topological polar surface area (TPSA) is 41.6 Å². The first kappa shape index (κ1) is 18.8. The molecule has 0 spiro atoms. The molecule has 1 saturated heterocycles. The van der Waals surface area contributed by atoms with Crippen LogP contribution in [0, 0.1) is 11.8 Å². The number of piperidine rings is 1. The zero-order chi connectivity index (χ0) is 17.4. The molecule has 0 aliphatic carbocycles. The molecule has 1 aromatic carbocycles. The van der Waals surface area contributed by atoms with Gasteiger partial charge in [0.05, 0.1) is 6.61 Å². The fourth-order valence-corrected chi connectivity index (χ4v) is 2.98. The number of hydrogen-bond donors (Lipinski definition) is 1. The summed E-state index contributed by atoms with van der Waals surface area (Å²) in [6.45, 7) is 11.0. The summed E-state index contributed by atoms with van der Waals surface area (Å²) in [7, 11) is 0. The Labute approximate surface area is 146 Å². The molecule has 0 unspecified atom stereocenters. The van der Waals surface area contributed by atoms with E-state index < -0.39 is 0 Å². The maximum absolute atomic E-state index is 12.6. The van der Waals surface area contributed by atoms with Gasteiger partial charge in [-0.05, 0) is 68.5 Å². The number of likely N-dealkylation sites (tertiary alicyclic amines) is 1. The van der Waals surface area contributed by atoms with Crippen LogP contribution in [-0.2, 0) is 0 Å². The molecule has 2 rings (SSSR count). The highest BCUT2D eigenvalue weighted by Crippen LogP contribution is 2.20. The van der Waals surface area contributed by atoms with E-state index in [2.05, 4.69) is 26.1 Å². The molecule has 1 aliphatic heterocycles. The van der Waals surface area contributed by atoms with Gasteiger partial charge in [-0.3, -0.25) is 4.79 Å². The van der Waals surface area contributed by atoms with Gasteiger partial charge >= 0.3 is 0 Å². The van der Waals surface area contributed by atoms with Gasteiger partial charge in [0.25, 0.3) is 5.91 Å². The van der Waals surface area contributed by atoms with Crippen LogP contribution < -0.4 is 10.1 Å². The molecule has 1 N–H and O–H groups in total. The smallest absolute Gasteiger partial charge is 0.253 e. The van der Waals surface area contributed by atoms with Crippen LogP contribution in [0.4, 0.5) is 0 Å². The quantitative estimate of drug-likeness (QED) is 0.791. The van der Waals surface area contributed by atoms with Crippen LogP contribution in [0.3, 0.4) is 0 Å². The average Bonchev–Trinajstić information content (AvgIpc) is 2.60. The van der Waals surface area contributed by atoms with Gasteiger partial charge in [0.15, 0.2) is 0 Å². The number of amides is 1. The van der Waals surface area contributed by atoms with Crippen molar-refractivity contribution in [1.82, 2.24) is 10.2 Å². The van der Waals surface area contributed by atoms with E-state index >= 15 is 0 Å². The molecule has 4 nitrogen and oxygen atoms in total. The molecule has 1 aromatic rings. The maximum Gasteiger partial charge on any atom is 0.253 e. The highest BCUT2D eigenvalue weighted by atomic mass is 16.5. The molecule has 1 amide bonds. The number of carbonyl (C=O) groups is 1. The van der Waals surface area contributed by atoms with Gasteiger partial charge in [-0.2, -0.15) is 0 Å². The molecule has 0 radical (unpaired) electrons. The predicted octanol–water partition coefficient (Wildman–Crippen LogP) is 3.57. The Morgan fingerprint density at radius 3 is 2.50 bits per heavy atom. The normalized spacial score (nSPS) is 15.8. The predicted molar refractivity (Wildman–Crippen MR) is 98.6 cm³/mol. The largest absolute Gasteiger partial charge is 0.494 e. The zero-order valence-corrected chi connectivity index (χ0v) is 15.4. The van der Waals surface area contributed by atoms with Crippen LogP contribution in [0.1, 0.15) is 50.4 Å². The molecule has 0 bridgehead atoms. The minimum absolute atomic E-state index is 0.144. The Bertz CT molecular complexity index is 491. The van der Waals surface area contributed by atoms with E-state index in [1.807, 2.05) is 29.2 Å². The van der Waals surface area contributed by atoms with E-state index in [9.17, 15) is 4.79 Å². The zero-order valence-electron chi connectivity index (χ0n) is 15.4. The molecule has 0 atom stereocenters. The molecule has 1 heterocycles. The van der Waals surface area contributed by atoms with Crippen molar-refractivity contribution in [1.29, 1.82) is 0 Å². The van der Waals surface area contributed by atoms with Gasteiger partial charge in [0.1, 0.15) is 5.75 Å². The lowest BCUT2D eigenvalue weighted by atomic mass is 9.96. The van der Waals surface area contributed by atoms with Gasteiger partial charge in [-0.25, -0.2) is 0 Å². The van der Waals surface area contributed by atoms with Crippen molar-refractivity contribution in [2.45, 2.75) is 40.0 Å². The molecule has 0 saturated carbocycles. The number of nitrogens with one attached hydrogen (secondary N) is 1. The number of rotatable bonds is 8. The first-order valence-corrected chi connectivity index (χ1v) is 9.33. The summed E-state index contributed by atoms with van der Waals surface area (Å²) >= 11 is 0. The van der Waals surface area contributed by atoms with Gasteiger partial charge in [0, 0.05) is 18.7 Å². The third kappa shape index (κ3) is 5.82. The Hall–Kier alpha value is -1.55. The number of carbonyl (C=O) groups excluding carboxylic acids is 1. The third-order valence-electron chi connectivity index (χ3n) is 4.65. The van der Waals surface area contributed by atoms with Crippen molar-refractivity contribution in [3.05, 3.63) is 29.8 Å². The van der Waals surface area contributed by atoms with Crippen molar-refractivity contribution in [3.63, 3.8) is 0 Å². The van der Waals surface area contributed by atoms with Crippen LogP contribution in [0.2, 0.25) is 0 Å². The van der Waals surface area contributed by atoms with E-state index in [4.69, 9.17) is 4.74 Å². The molecule has 1 fully saturated rings. The molecule has 4 heteroatoms. The average molecular weight is 332 g/mol. The van der Waals surface area contributed by atoms with Crippen LogP contribution in [-0.4, -0.2) is 43.6 Å². The lowest BCUT2D eigenvalue weighted by Crippen LogP contribution is -2.40. The number of ether oxygens (including phenoxy) is 1. The Balaban J connectivity index is 1.80. The number of nitrogens with zero attached hydrogens (tertiary/aromatic N) is 1. The minimum Gasteiger partial charge on any atom is -0.494 e. The van der Waals surface area contributed by atoms with Crippen molar-refractivity contribution in [2.24, 2.45) is 11.8 Å². The van der Waals surface area contributed by atoms with Crippen LogP contribution in [0.5, 0.6) is 5.75 Å². The second kappa shape index (κ2) is 9.67. The summed E-state index contributed by atoms with van der Waals surface area (Å²) in [5.74, 6) is 2.33. The van der Waals surface area contributed by atoms with Crippen molar-refractivity contribution in [3.8, 4) is 5.75 Å². The SMILES string of the molecule is CCNCC1CCN(C(=O)c2ccc(OCCC(C)C)cc2)CC1. The van der Waals surface area contributed by atoms with Crippen LogP contribution in [0.15, 0.2) is 24.3 Å². The molecule has 134 valence electrons. The minimum atomic E-state index is 0.144. The fraction of sp³-hybridized carbons (Fsp3) is 0.650. The van der Waals surface area contributed by atoms with E-state index in [-0.39, 0.29) is 5.91 Å². The highest BCUT2D eigenvalue weighted by Gasteiger charge is 2.23. The highest BCUT2D eigenvalue weighted by molar-refractivity contribution is 5.94. The van der Waals surface area contributed by atoms with E-state index in [1.165, 1.54) is 0 Å². The lowest BCUT2D eigenvalue weighted by molar-refractivity contribution is 0.0690. The summed E-state index contributed by atoms with van der Waals surface area (Å²) in [4.78, 5) is 14.6. The van der Waals surface area contributed by atoms with Crippen LogP contribution in [0.25, 0.3) is 0 Å². The summed E-state index contributed by atoms with van der Waals surface area (Å²) in [5, 5.41) is 3.41. The van der Waals surface area contributed by atoms with E-state index in [1.54, 1.807) is 0 Å². The Morgan fingerprint density at radius 1 is 1.25 bits per heavy atom. The van der Waals surface area contributed by atoms with E-state index in [0.29, 0.717) is 11.8 Å². The molecule has 0 aromatic heterocycles. The summed E-state index contributed by atoms with van der Waals surface area (Å²) in [6, 6.07) is 7.59. The fourth-order valence-electron chi connectivity index (χ4n) is 2.98. The second-order valence-corrected chi connectivity index (χ2v) is 7.10. The maximum atomic E-state index is 12.6. The Kier molecular flexibility index (Phi) is 7.57. The third-order valence-corrected chi connectivity index (χ3v) is 4.65. The molecular formula is C20H32N2O2. The summed E-state index contributed by atoms with van der Waals surface area (Å²) in [5.41, 5.74) is 0.761. The standard InChI is InChI=1S/C20H32N2O2/c1-4-21-15-17-9-12-22(13-10-17)20(23)18-5-7-19(8-6-18)24-14-11-16(2)3/h5-8,16-17,21H,4,9-15H2,1-3H3. The van der Waals surface area contributed by atoms with Gasteiger partial charge in [-0.1, -0.05) is 20.8 Å². The lowest BCUT2D eigenvalue weighted by Gasteiger charge is -2.32. The van der Waals surface area contributed by atoms with Gasteiger partial charge < -0.3 is 15.0 Å². The van der Waals surface area contributed by atoms with Gasteiger partial charge in [0.2, 0.25) is 0 Å². The Morgan fingerprint density at radius 2 is 1.92 bits per heavy atom. The number of hydrogen-bond acceptors (Lipinski definition) is 3. The molecular weight excluding hydrogens is 300 g/mol. The van der Waals surface area contributed by atoms with Crippen molar-refractivity contribution >= 4 is 5.91 Å². The first-order valence-electron chi connectivity index (χ1n) is 9.33. The van der Waals surface area contributed by atoms with Crippen molar-refractivity contribution < 1.29 is 9.53 Å². The first-order chi connectivity index (χ1) is 11.6. The van der Waals surface area contributed by atoms with Gasteiger partial charge in [-0.15, -0.1) is 0 Å². The number of benzene rings is 1. The summed E-state index contributed by atoms with van der Waals surface area (Å²) < 4.78 is 5.72. The summed E-state index contributed by atoms with van der Waals surface area (Å²) in [6.07, 6.45) is 3.23.